The Hall–Kier alpha value is -3.73. The SMILES string of the molecule is O=C(C=Cc1cc(-c2ccccc2)ccc1F)N1C(=O)OCC1Cc1ccccc1. The number of hydrogen-bond acceptors (Lipinski definition) is 3. The minimum absolute atomic E-state index is 0.144. The molecule has 1 aliphatic heterocycles. The van der Waals surface area contributed by atoms with Crippen LogP contribution in [0.3, 0.4) is 0 Å². The quantitative estimate of drug-likeness (QED) is 0.559. The third-order valence-electron chi connectivity index (χ3n) is 5.02. The van der Waals surface area contributed by atoms with Crippen LogP contribution < -0.4 is 0 Å². The third kappa shape index (κ3) is 4.30. The van der Waals surface area contributed by atoms with Crippen LogP contribution in [-0.2, 0) is 16.0 Å². The molecule has 1 saturated heterocycles. The summed E-state index contributed by atoms with van der Waals surface area (Å²) in [5.74, 6) is -0.966. The monoisotopic (exact) mass is 401 g/mol. The van der Waals surface area contributed by atoms with E-state index in [4.69, 9.17) is 4.74 Å². The van der Waals surface area contributed by atoms with E-state index in [2.05, 4.69) is 0 Å². The molecule has 1 heterocycles. The Morgan fingerprint density at radius 3 is 2.43 bits per heavy atom. The first-order valence-electron chi connectivity index (χ1n) is 9.69. The Labute approximate surface area is 174 Å². The molecule has 30 heavy (non-hydrogen) atoms. The van der Waals surface area contributed by atoms with Crippen LogP contribution in [0.2, 0.25) is 0 Å². The van der Waals surface area contributed by atoms with Gasteiger partial charge in [-0.1, -0.05) is 66.7 Å². The number of ether oxygens (including phenoxy) is 1. The zero-order valence-electron chi connectivity index (χ0n) is 16.2. The molecule has 0 bridgehead atoms. The number of carbonyl (C=O) groups excluding carboxylic acids is 2. The standard InChI is InChI=1S/C25H20FNO3/c26-23-13-11-20(19-9-5-2-6-10-19)16-21(23)12-14-24(28)27-22(17-30-25(27)29)15-18-7-3-1-4-8-18/h1-14,16,22H,15,17H2. The van der Waals surface area contributed by atoms with Gasteiger partial charge in [0.2, 0.25) is 0 Å². The Balaban J connectivity index is 1.53. The number of carbonyl (C=O) groups is 2. The Kier molecular flexibility index (Phi) is 5.70. The number of benzene rings is 3. The third-order valence-corrected chi connectivity index (χ3v) is 5.02. The molecule has 1 aliphatic rings. The molecule has 1 atom stereocenters. The number of amides is 2. The number of nitrogens with zero attached hydrogens (tertiary/aromatic N) is 1. The van der Waals surface area contributed by atoms with E-state index in [1.54, 1.807) is 12.1 Å². The van der Waals surface area contributed by atoms with Crippen molar-refractivity contribution >= 4 is 18.1 Å². The zero-order chi connectivity index (χ0) is 20.9. The van der Waals surface area contributed by atoms with Gasteiger partial charge >= 0.3 is 6.09 Å². The minimum atomic E-state index is -0.677. The molecule has 0 N–H and O–H groups in total. The summed E-state index contributed by atoms with van der Waals surface area (Å²) in [5, 5.41) is 0. The lowest BCUT2D eigenvalue weighted by atomic mass is 10.0. The van der Waals surface area contributed by atoms with Gasteiger partial charge in [0.1, 0.15) is 12.4 Å². The second-order valence-corrected chi connectivity index (χ2v) is 7.06. The van der Waals surface area contributed by atoms with Crippen molar-refractivity contribution in [2.24, 2.45) is 0 Å². The molecule has 0 radical (unpaired) electrons. The van der Waals surface area contributed by atoms with Crippen LogP contribution in [0.4, 0.5) is 9.18 Å². The highest BCUT2D eigenvalue weighted by Gasteiger charge is 2.36. The van der Waals surface area contributed by atoms with E-state index in [-0.39, 0.29) is 12.2 Å². The van der Waals surface area contributed by atoms with E-state index in [0.717, 1.165) is 21.6 Å². The Bertz CT molecular complexity index is 1080. The Morgan fingerprint density at radius 1 is 1.00 bits per heavy atom. The summed E-state index contributed by atoms with van der Waals surface area (Å²) in [6.45, 7) is 0.144. The van der Waals surface area contributed by atoms with Gasteiger partial charge in [-0.3, -0.25) is 4.79 Å². The number of rotatable bonds is 5. The lowest BCUT2D eigenvalue weighted by Crippen LogP contribution is -2.39. The van der Waals surface area contributed by atoms with Crippen molar-refractivity contribution in [3.05, 3.63) is 102 Å². The second-order valence-electron chi connectivity index (χ2n) is 7.06. The molecule has 5 heteroatoms. The van der Waals surface area contributed by atoms with Gasteiger partial charge in [0.25, 0.3) is 5.91 Å². The smallest absolute Gasteiger partial charge is 0.417 e. The van der Waals surface area contributed by atoms with E-state index in [0.29, 0.717) is 6.42 Å². The van der Waals surface area contributed by atoms with E-state index in [1.165, 1.54) is 18.2 Å². The van der Waals surface area contributed by atoms with E-state index < -0.39 is 23.9 Å². The maximum atomic E-state index is 14.3. The molecule has 1 unspecified atom stereocenters. The average molecular weight is 401 g/mol. The van der Waals surface area contributed by atoms with E-state index >= 15 is 0 Å². The molecule has 0 aliphatic carbocycles. The number of hydrogen-bond donors (Lipinski definition) is 0. The summed E-state index contributed by atoms with van der Waals surface area (Å²) in [6, 6.07) is 23.5. The van der Waals surface area contributed by atoms with Crippen LogP contribution in [0.1, 0.15) is 11.1 Å². The molecule has 3 aromatic carbocycles. The van der Waals surface area contributed by atoms with Crippen molar-refractivity contribution in [2.75, 3.05) is 6.61 Å². The van der Waals surface area contributed by atoms with Crippen LogP contribution in [0, 0.1) is 5.82 Å². The van der Waals surface area contributed by atoms with Gasteiger partial charge in [-0.2, -0.15) is 0 Å². The fourth-order valence-electron chi connectivity index (χ4n) is 3.49. The maximum Gasteiger partial charge on any atom is 0.417 e. The van der Waals surface area contributed by atoms with Gasteiger partial charge in [-0.25, -0.2) is 14.1 Å². The van der Waals surface area contributed by atoms with Gasteiger partial charge in [-0.05, 0) is 41.3 Å². The van der Waals surface area contributed by atoms with Crippen LogP contribution >= 0.6 is 0 Å². The molecule has 4 rings (SSSR count). The lowest BCUT2D eigenvalue weighted by molar-refractivity contribution is -0.124. The second kappa shape index (κ2) is 8.74. The molecule has 2 amide bonds. The van der Waals surface area contributed by atoms with Crippen molar-refractivity contribution in [3.8, 4) is 11.1 Å². The predicted octanol–water partition coefficient (Wildman–Crippen LogP) is 5.10. The molecule has 0 saturated carbocycles. The predicted molar refractivity (Wildman–Crippen MR) is 113 cm³/mol. The summed E-state index contributed by atoms with van der Waals surface area (Å²) < 4.78 is 19.4. The topological polar surface area (TPSA) is 46.6 Å². The average Bonchev–Trinajstić information content (AvgIpc) is 3.14. The first-order chi connectivity index (χ1) is 14.6. The van der Waals surface area contributed by atoms with Crippen molar-refractivity contribution in [3.63, 3.8) is 0 Å². The molecule has 4 nitrogen and oxygen atoms in total. The first-order valence-corrected chi connectivity index (χ1v) is 9.69. The minimum Gasteiger partial charge on any atom is -0.447 e. The van der Waals surface area contributed by atoms with Crippen molar-refractivity contribution in [1.29, 1.82) is 0 Å². The van der Waals surface area contributed by atoms with Gasteiger partial charge in [0, 0.05) is 11.6 Å². The van der Waals surface area contributed by atoms with Crippen molar-refractivity contribution in [2.45, 2.75) is 12.5 Å². The maximum absolute atomic E-state index is 14.3. The number of cyclic esters (lactones) is 1. The van der Waals surface area contributed by atoms with Gasteiger partial charge in [0.15, 0.2) is 0 Å². The highest BCUT2D eigenvalue weighted by molar-refractivity contribution is 6.02. The molecule has 1 fully saturated rings. The molecular weight excluding hydrogens is 381 g/mol. The van der Waals surface area contributed by atoms with Crippen molar-refractivity contribution < 1.29 is 18.7 Å². The van der Waals surface area contributed by atoms with Gasteiger partial charge in [-0.15, -0.1) is 0 Å². The number of halogens is 1. The van der Waals surface area contributed by atoms with Crippen LogP contribution in [0.15, 0.2) is 84.9 Å². The Morgan fingerprint density at radius 2 is 1.70 bits per heavy atom. The van der Waals surface area contributed by atoms with E-state index in [9.17, 15) is 14.0 Å². The normalized spacial score (nSPS) is 16.1. The summed E-state index contributed by atoms with van der Waals surface area (Å²) >= 11 is 0. The molecule has 3 aromatic rings. The first kappa shape index (κ1) is 19.6. The highest BCUT2D eigenvalue weighted by atomic mass is 19.1. The van der Waals surface area contributed by atoms with Crippen molar-refractivity contribution in [1.82, 2.24) is 4.90 Å². The summed E-state index contributed by atoms with van der Waals surface area (Å²) in [5.41, 5.74) is 3.07. The largest absolute Gasteiger partial charge is 0.447 e. The number of imide groups is 1. The van der Waals surface area contributed by atoms with Crippen LogP contribution in [0.5, 0.6) is 0 Å². The molecular formula is C25H20FNO3. The summed E-state index contributed by atoms with van der Waals surface area (Å²) in [6.07, 6.45) is 2.45. The summed E-state index contributed by atoms with van der Waals surface area (Å²) in [4.78, 5) is 25.9. The van der Waals surface area contributed by atoms with Crippen LogP contribution in [0.25, 0.3) is 17.2 Å². The zero-order valence-corrected chi connectivity index (χ0v) is 16.2. The van der Waals surface area contributed by atoms with Gasteiger partial charge in [0.05, 0.1) is 6.04 Å². The van der Waals surface area contributed by atoms with Gasteiger partial charge < -0.3 is 4.74 Å². The fraction of sp³-hybridized carbons (Fsp3) is 0.120. The highest BCUT2D eigenvalue weighted by Crippen LogP contribution is 2.23. The summed E-state index contributed by atoms with van der Waals surface area (Å²) in [7, 11) is 0. The van der Waals surface area contributed by atoms with Crippen LogP contribution in [-0.4, -0.2) is 29.5 Å². The lowest BCUT2D eigenvalue weighted by Gasteiger charge is -2.18. The molecule has 0 aromatic heterocycles. The molecule has 150 valence electrons. The molecule has 0 spiro atoms. The fourth-order valence-corrected chi connectivity index (χ4v) is 3.49. The van der Waals surface area contributed by atoms with E-state index in [1.807, 2.05) is 60.7 Å².